The predicted molar refractivity (Wildman–Crippen MR) is 101 cm³/mol. The summed E-state index contributed by atoms with van der Waals surface area (Å²) >= 11 is 1.58. The first-order chi connectivity index (χ1) is 12.4. The molecule has 136 valence electrons. The Morgan fingerprint density at radius 2 is 2.15 bits per heavy atom. The fraction of sp³-hybridized carbons (Fsp3) is 0.368. The van der Waals surface area contributed by atoms with Gasteiger partial charge < -0.3 is 9.84 Å². The summed E-state index contributed by atoms with van der Waals surface area (Å²) in [6.45, 7) is 8.30. The second-order valence-corrected chi connectivity index (χ2v) is 7.96. The van der Waals surface area contributed by atoms with Crippen LogP contribution >= 0.6 is 11.3 Å². The van der Waals surface area contributed by atoms with E-state index < -0.39 is 0 Å². The Hall–Kier alpha value is -2.54. The number of thiazole rings is 1. The van der Waals surface area contributed by atoms with Crippen LogP contribution in [-0.4, -0.2) is 27.6 Å². The summed E-state index contributed by atoms with van der Waals surface area (Å²) in [4.78, 5) is 21.3. The molecular weight excluding hydrogens is 348 g/mol. The lowest BCUT2D eigenvalue weighted by molar-refractivity contribution is 0.0950. The monoisotopic (exact) mass is 370 g/mol. The normalized spacial score (nSPS) is 11.5. The van der Waals surface area contributed by atoms with Gasteiger partial charge in [-0.3, -0.25) is 9.78 Å². The van der Waals surface area contributed by atoms with E-state index in [0.29, 0.717) is 30.0 Å². The fourth-order valence-electron chi connectivity index (χ4n) is 2.59. The Labute approximate surface area is 156 Å². The molecular formula is C19H22N4O2S. The van der Waals surface area contributed by atoms with E-state index in [4.69, 9.17) is 4.52 Å². The number of aryl methyl sites for hydroxylation is 1. The minimum Gasteiger partial charge on any atom is -0.361 e. The molecule has 0 atom stereocenters. The molecule has 0 saturated heterocycles. The Morgan fingerprint density at radius 1 is 1.35 bits per heavy atom. The summed E-state index contributed by atoms with van der Waals surface area (Å²) in [5, 5.41) is 9.96. The van der Waals surface area contributed by atoms with Gasteiger partial charge in [0.15, 0.2) is 0 Å². The number of aromatic nitrogens is 3. The molecule has 0 unspecified atom stereocenters. The van der Waals surface area contributed by atoms with Crippen LogP contribution in [0.3, 0.4) is 0 Å². The largest absolute Gasteiger partial charge is 0.361 e. The highest BCUT2D eigenvalue weighted by Gasteiger charge is 2.28. The first-order valence-corrected chi connectivity index (χ1v) is 9.34. The summed E-state index contributed by atoms with van der Waals surface area (Å²) in [5.41, 5.74) is 2.92. The molecule has 0 spiro atoms. The Kier molecular flexibility index (Phi) is 5.18. The van der Waals surface area contributed by atoms with Gasteiger partial charge in [0.05, 0.1) is 5.69 Å². The van der Waals surface area contributed by atoms with E-state index in [1.807, 2.05) is 38.3 Å². The number of nitrogens with zero attached hydrogens (tertiary/aromatic N) is 3. The van der Waals surface area contributed by atoms with Crippen LogP contribution in [0.15, 0.2) is 34.4 Å². The topological polar surface area (TPSA) is 80.9 Å². The Morgan fingerprint density at radius 3 is 2.85 bits per heavy atom. The Bertz CT molecular complexity index is 894. The van der Waals surface area contributed by atoms with Crippen molar-refractivity contribution in [2.24, 2.45) is 0 Å². The van der Waals surface area contributed by atoms with Gasteiger partial charge in [-0.1, -0.05) is 25.9 Å². The van der Waals surface area contributed by atoms with Gasteiger partial charge in [0.25, 0.3) is 5.91 Å². The third kappa shape index (κ3) is 3.99. The first-order valence-electron chi connectivity index (χ1n) is 8.46. The molecule has 7 heteroatoms. The molecule has 1 amide bonds. The van der Waals surface area contributed by atoms with Crippen molar-refractivity contribution < 1.29 is 9.32 Å². The molecule has 0 aliphatic rings. The number of hydrogen-bond donors (Lipinski definition) is 1. The van der Waals surface area contributed by atoms with Gasteiger partial charge in [-0.15, -0.1) is 11.3 Å². The summed E-state index contributed by atoms with van der Waals surface area (Å²) in [6.07, 6.45) is 4.21. The van der Waals surface area contributed by atoms with Gasteiger partial charge in [-0.2, -0.15) is 0 Å². The molecule has 3 heterocycles. The quantitative estimate of drug-likeness (QED) is 0.739. The van der Waals surface area contributed by atoms with E-state index in [-0.39, 0.29) is 11.3 Å². The maximum Gasteiger partial charge on any atom is 0.256 e. The standard InChI is InChI=1S/C19H22N4O2S/c1-12-15(16(23-25-12)19(2,3)4)17(24)21-9-7-14-11-26-18(22-14)13-6-5-8-20-10-13/h5-6,8,10-11H,7,9H2,1-4H3,(H,21,24). The molecule has 0 fully saturated rings. The van der Waals surface area contributed by atoms with Gasteiger partial charge in [0.2, 0.25) is 0 Å². The molecule has 0 aliphatic carbocycles. The zero-order chi connectivity index (χ0) is 18.7. The van der Waals surface area contributed by atoms with Crippen molar-refractivity contribution in [1.82, 2.24) is 20.4 Å². The molecule has 0 aromatic carbocycles. The van der Waals surface area contributed by atoms with Crippen LogP contribution in [0.2, 0.25) is 0 Å². The molecule has 26 heavy (non-hydrogen) atoms. The minimum atomic E-state index is -0.252. The zero-order valence-corrected chi connectivity index (χ0v) is 16.2. The van der Waals surface area contributed by atoms with E-state index in [1.165, 1.54) is 0 Å². The van der Waals surface area contributed by atoms with Crippen LogP contribution < -0.4 is 5.32 Å². The lowest BCUT2D eigenvalue weighted by atomic mass is 9.88. The number of pyridine rings is 1. The van der Waals surface area contributed by atoms with Crippen LogP contribution in [0.5, 0.6) is 0 Å². The van der Waals surface area contributed by atoms with Crippen molar-refractivity contribution in [1.29, 1.82) is 0 Å². The number of carbonyl (C=O) groups excluding carboxylic acids is 1. The Balaban J connectivity index is 1.62. The minimum absolute atomic E-state index is 0.156. The number of carbonyl (C=O) groups is 1. The fourth-order valence-corrected chi connectivity index (χ4v) is 3.43. The second kappa shape index (κ2) is 7.37. The maximum absolute atomic E-state index is 12.6. The van der Waals surface area contributed by atoms with E-state index in [1.54, 1.807) is 30.7 Å². The zero-order valence-electron chi connectivity index (χ0n) is 15.4. The van der Waals surface area contributed by atoms with Crippen LogP contribution in [0.4, 0.5) is 0 Å². The number of nitrogens with one attached hydrogen (secondary N) is 1. The molecule has 0 bridgehead atoms. The smallest absolute Gasteiger partial charge is 0.256 e. The van der Waals surface area contributed by atoms with Crippen molar-refractivity contribution in [3.63, 3.8) is 0 Å². The predicted octanol–water partition coefficient (Wildman–Crippen LogP) is 3.77. The van der Waals surface area contributed by atoms with E-state index >= 15 is 0 Å². The third-order valence-electron chi connectivity index (χ3n) is 3.93. The van der Waals surface area contributed by atoms with Gasteiger partial charge in [0, 0.05) is 41.7 Å². The van der Waals surface area contributed by atoms with E-state index in [2.05, 4.69) is 20.4 Å². The highest BCUT2D eigenvalue weighted by Crippen LogP contribution is 2.27. The van der Waals surface area contributed by atoms with Gasteiger partial charge in [-0.05, 0) is 19.1 Å². The van der Waals surface area contributed by atoms with Crippen molar-refractivity contribution in [2.75, 3.05) is 6.54 Å². The average Bonchev–Trinajstić information content (AvgIpc) is 3.22. The molecule has 3 aromatic heterocycles. The maximum atomic E-state index is 12.6. The van der Waals surface area contributed by atoms with Crippen LogP contribution in [-0.2, 0) is 11.8 Å². The van der Waals surface area contributed by atoms with E-state index in [0.717, 1.165) is 16.3 Å². The van der Waals surface area contributed by atoms with Crippen LogP contribution in [0.25, 0.3) is 10.6 Å². The van der Waals surface area contributed by atoms with Gasteiger partial charge in [-0.25, -0.2) is 4.98 Å². The SMILES string of the molecule is Cc1onc(C(C)(C)C)c1C(=O)NCCc1csc(-c2cccnc2)n1. The lowest BCUT2D eigenvalue weighted by Crippen LogP contribution is -2.29. The van der Waals surface area contributed by atoms with Crippen LogP contribution in [0.1, 0.15) is 48.3 Å². The molecule has 3 aromatic rings. The summed E-state index contributed by atoms with van der Waals surface area (Å²) in [6, 6.07) is 3.88. The van der Waals surface area contributed by atoms with Crippen LogP contribution in [0, 0.1) is 6.92 Å². The van der Waals surface area contributed by atoms with Crippen molar-refractivity contribution in [3.8, 4) is 10.6 Å². The summed E-state index contributed by atoms with van der Waals surface area (Å²) < 4.78 is 5.23. The van der Waals surface area contributed by atoms with Gasteiger partial charge >= 0.3 is 0 Å². The third-order valence-corrected chi connectivity index (χ3v) is 4.87. The molecule has 0 radical (unpaired) electrons. The highest BCUT2D eigenvalue weighted by molar-refractivity contribution is 7.13. The molecule has 1 N–H and O–H groups in total. The van der Waals surface area contributed by atoms with Crippen molar-refractivity contribution in [2.45, 2.75) is 39.5 Å². The molecule has 0 saturated carbocycles. The summed E-state index contributed by atoms with van der Waals surface area (Å²) in [7, 11) is 0. The second-order valence-electron chi connectivity index (χ2n) is 7.10. The number of hydrogen-bond acceptors (Lipinski definition) is 6. The highest BCUT2D eigenvalue weighted by atomic mass is 32.1. The average molecular weight is 370 g/mol. The number of amides is 1. The van der Waals surface area contributed by atoms with Crippen molar-refractivity contribution >= 4 is 17.2 Å². The van der Waals surface area contributed by atoms with Gasteiger partial charge in [0.1, 0.15) is 22.0 Å². The molecule has 3 rings (SSSR count). The summed E-state index contributed by atoms with van der Waals surface area (Å²) in [5.74, 6) is 0.385. The molecule has 6 nitrogen and oxygen atoms in total. The first kappa shape index (κ1) is 18.3. The lowest BCUT2D eigenvalue weighted by Gasteiger charge is -2.16. The number of rotatable bonds is 5. The van der Waals surface area contributed by atoms with Crippen molar-refractivity contribution in [3.05, 3.63) is 52.6 Å². The van der Waals surface area contributed by atoms with E-state index in [9.17, 15) is 4.79 Å². The molecule has 0 aliphatic heterocycles.